The van der Waals surface area contributed by atoms with Crippen LogP contribution in [-0.2, 0) is 0 Å². The monoisotopic (exact) mass is 310 g/mol. The number of carbonyl (C=O) groups is 1. The Hall–Kier alpha value is -1.10. The van der Waals surface area contributed by atoms with Gasteiger partial charge in [0.2, 0.25) is 0 Å². The Morgan fingerprint density at radius 3 is 3.00 bits per heavy atom. The van der Waals surface area contributed by atoms with Crippen molar-refractivity contribution in [3.8, 4) is 0 Å². The molecule has 0 saturated carbocycles. The second-order valence-corrected chi connectivity index (χ2v) is 5.94. The fourth-order valence-corrected chi connectivity index (χ4v) is 3.65. The molecule has 1 atom stereocenters. The summed E-state index contributed by atoms with van der Waals surface area (Å²) in [5.41, 5.74) is 0.859. The minimum Gasteiger partial charge on any atom is -0.337 e. The minimum absolute atomic E-state index is 0. The maximum atomic E-state index is 12.6. The van der Waals surface area contributed by atoms with E-state index in [9.17, 15) is 4.79 Å². The molecule has 5 heteroatoms. The van der Waals surface area contributed by atoms with Crippen molar-refractivity contribution in [3.63, 3.8) is 0 Å². The highest BCUT2D eigenvalue weighted by Gasteiger charge is 2.24. The van der Waals surface area contributed by atoms with E-state index in [1.54, 1.807) is 11.3 Å². The lowest BCUT2D eigenvalue weighted by Crippen LogP contribution is -2.46. The van der Waals surface area contributed by atoms with Crippen molar-refractivity contribution in [1.29, 1.82) is 0 Å². The Morgan fingerprint density at radius 2 is 2.20 bits per heavy atom. The summed E-state index contributed by atoms with van der Waals surface area (Å²) in [6.07, 6.45) is 2.24. The van der Waals surface area contributed by atoms with Crippen LogP contribution in [0.3, 0.4) is 0 Å². The molecular formula is C15H19ClN2OS. The van der Waals surface area contributed by atoms with Crippen LogP contribution in [0.1, 0.15) is 23.2 Å². The summed E-state index contributed by atoms with van der Waals surface area (Å²) in [6.45, 7) is 1.70. The summed E-state index contributed by atoms with van der Waals surface area (Å²) >= 11 is 1.65. The molecule has 2 heterocycles. The predicted octanol–water partition coefficient (Wildman–Crippen LogP) is 3.15. The summed E-state index contributed by atoms with van der Waals surface area (Å²) in [7, 11) is 1.97. The zero-order chi connectivity index (χ0) is 13.2. The number of benzene rings is 1. The summed E-state index contributed by atoms with van der Waals surface area (Å²) < 4.78 is 1.19. The van der Waals surface area contributed by atoms with E-state index in [2.05, 4.69) is 11.4 Å². The standard InChI is InChI=1S/C15H18N2OS.ClH/c1-16-11-5-4-8-17(9-11)15(18)13-10-19-14-7-3-2-6-12(13)14;/h2-3,6-7,10-11,16H,4-5,8-9H2,1H3;1H. The number of fused-ring (bicyclic) bond motifs is 1. The number of hydrogen-bond acceptors (Lipinski definition) is 3. The molecule has 1 unspecified atom stereocenters. The highest BCUT2D eigenvalue weighted by molar-refractivity contribution is 7.17. The van der Waals surface area contributed by atoms with Crippen LogP contribution in [0.2, 0.25) is 0 Å². The number of rotatable bonds is 2. The van der Waals surface area contributed by atoms with Crippen LogP contribution in [0, 0.1) is 0 Å². The van der Waals surface area contributed by atoms with Crippen LogP contribution in [-0.4, -0.2) is 37.0 Å². The molecule has 1 aliphatic heterocycles. The Bertz CT molecular complexity index is 598. The zero-order valence-electron chi connectivity index (χ0n) is 11.5. The third-order valence-corrected chi connectivity index (χ3v) is 4.79. The van der Waals surface area contributed by atoms with Crippen LogP contribution in [0.25, 0.3) is 10.1 Å². The number of thiophene rings is 1. The van der Waals surface area contributed by atoms with Gasteiger partial charge in [0.15, 0.2) is 0 Å². The van der Waals surface area contributed by atoms with Crippen LogP contribution in [0.4, 0.5) is 0 Å². The molecule has 1 aliphatic rings. The number of hydrogen-bond donors (Lipinski definition) is 1. The lowest BCUT2D eigenvalue weighted by atomic mass is 10.0. The molecule has 1 amide bonds. The molecule has 3 rings (SSSR count). The van der Waals surface area contributed by atoms with Crippen molar-refractivity contribution in [3.05, 3.63) is 35.2 Å². The van der Waals surface area contributed by atoms with Crippen molar-refractivity contribution in [2.45, 2.75) is 18.9 Å². The summed E-state index contributed by atoms with van der Waals surface area (Å²) in [6, 6.07) is 8.56. The Labute approximate surface area is 129 Å². The third-order valence-electron chi connectivity index (χ3n) is 3.83. The quantitative estimate of drug-likeness (QED) is 0.924. The van der Waals surface area contributed by atoms with Gasteiger partial charge in [0.05, 0.1) is 5.56 Å². The molecule has 1 saturated heterocycles. The lowest BCUT2D eigenvalue weighted by Gasteiger charge is -2.32. The fourth-order valence-electron chi connectivity index (χ4n) is 2.71. The predicted molar refractivity (Wildman–Crippen MR) is 87.1 cm³/mol. The highest BCUT2D eigenvalue weighted by Crippen LogP contribution is 2.27. The molecule has 1 N–H and O–H groups in total. The first-order valence-electron chi connectivity index (χ1n) is 6.72. The summed E-state index contributed by atoms with van der Waals surface area (Å²) in [5, 5.41) is 6.36. The van der Waals surface area contributed by atoms with Gasteiger partial charge in [0.1, 0.15) is 0 Å². The van der Waals surface area contributed by atoms with Crippen LogP contribution in [0.5, 0.6) is 0 Å². The van der Waals surface area contributed by atoms with Gasteiger partial charge >= 0.3 is 0 Å². The van der Waals surface area contributed by atoms with Crippen LogP contribution >= 0.6 is 23.7 Å². The van der Waals surface area contributed by atoms with E-state index in [0.717, 1.165) is 36.9 Å². The van der Waals surface area contributed by atoms with E-state index in [-0.39, 0.29) is 18.3 Å². The van der Waals surface area contributed by atoms with E-state index in [0.29, 0.717) is 6.04 Å². The molecule has 0 aliphatic carbocycles. The van der Waals surface area contributed by atoms with Gasteiger partial charge in [0.25, 0.3) is 5.91 Å². The molecule has 1 aromatic heterocycles. The van der Waals surface area contributed by atoms with Gasteiger partial charge < -0.3 is 10.2 Å². The first kappa shape index (κ1) is 15.3. The largest absolute Gasteiger partial charge is 0.337 e. The van der Waals surface area contributed by atoms with Gasteiger partial charge in [-0.05, 0) is 26.0 Å². The maximum absolute atomic E-state index is 12.6. The van der Waals surface area contributed by atoms with Gasteiger partial charge in [-0.15, -0.1) is 23.7 Å². The number of amides is 1. The molecule has 0 radical (unpaired) electrons. The topological polar surface area (TPSA) is 32.3 Å². The second-order valence-electron chi connectivity index (χ2n) is 5.02. The SMILES string of the molecule is CNC1CCCN(C(=O)c2csc3ccccc23)C1.Cl. The number of carbonyl (C=O) groups excluding carboxylic acids is 1. The average molecular weight is 311 g/mol. The first-order valence-corrected chi connectivity index (χ1v) is 7.60. The molecule has 108 valence electrons. The smallest absolute Gasteiger partial charge is 0.255 e. The van der Waals surface area contributed by atoms with Crippen molar-refractivity contribution >= 4 is 39.7 Å². The van der Waals surface area contributed by atoms with E-state index in [1.165, 1.54) is 4.70 Å². The zero-order valence-corrected chi connectivity index (χ0v) is 13.1. The average Bonchev–Trinajstić information content (AvgIpc) is 2.90. The van der Waals surface area contributed by atoms with Gasteiger partial charge in [-0.25, -0.2) is 0 Å². The number of nitrogens with one attached hydrogen (secondary N) is 1. The van der Waals surface area contributed by atoms with Gasteiger partial charge in [-0.3, -0.25) is 4.79 Å². The minimum atomic E-state index is 0. The van der Waals surface area contributed by atoms with E-state index < -0.39 is 0 Å². The number of likely N-dealkylation sites (N-methyl/N-ethyl adjacent to an activating group) is 1. The van der Waals surface area contributed by atoms with Crippen molar-refractivity contribution in [2.75, 3.05) is 20.1 Å². The Morgan fingerprint density at radius 1 is 1.40 bits per heavy atom. The fraction of sp³-hybridized carbons (Fsp3) is 0.400. The van der Waals surface area contributed by atoms with Crippen molar-refractivity contribution in [2.24, 2.45) is 0 Å². The van der Waals surface area contributed by atoms with Crippen LogP contribution in [0.15, 0.2) is 29.6 Å². The van der Waals surface area contributed by atoms with E-state index in [4.69, 9.17) is 0 Å². The van der Waals surface area contributed by atoms with Gasteiger partial charge in [-0.2, -0.15) is 0 Å². The molecule has 20 heavy (non-hydrogen) atoms. The first-order chi connectivity index (χ1) is 9.29. The maximum Gasteiger partial charge on any atom is 0.255 e. The third kappa shape index (κ3) is 2.82. The number of nitrogens with zero attached hydrogens (tertiary/aromatic N) is 1. The summed E-state index contributed by atoms with van der Waals surface area (Å²) in [4.78, 5) is 14.6. The molecule has 0 bridgehead atoms. The number of piperidine rings is 1. The lowest BCUT2D eigenvalue weighted by molar-refractivity contribution is 0.0700. The van der Waals surface area contributed by atoms with Crippen molar-refractivity contribution in [1.82, 2.24) is 10.2 Å². The molecule has 0 spiro atoms. The highest BCUT2D eigenvalue weighted by atomic mass is 35.5. The van der Waals surface area contributed by atoms with Crippen molar-refractivity contribution < 1.29 is 4.79 Å². The van der Waals surface area contributed by atoms with Crippen LogP contribution < -0.4 is 5.32 Å². The number of halogens is 1. The second kappa shape index (κ2) is 6.57. The molecule has 1 aromatic carbocycles. The van der Waals surface area contributed by atoms with E-state index in [1.807, 2.05) is 35.5 Å². The molecular weight excluding hydrogens is 292 g/mol. The normalized spacial score (nSPS) is 18.9. The molecule has 2 aromatic rings. The summed E-state index contributed by atoms with van der Waals surface area (Å²) in [5.74, 6) is 0.178. The van der Waals surface area contributed by atoms with E-state index >= 15 is 0 Å². The van der Waals surface area contributed by atoms with Gasteiger partial charge in [0, 0.05) is 34.6 Å². The number of likely N-dealkylation sites (tertiary alicyclic amines) is 1. The molecule has 1 fully saturated rings. The Balaban J connectivity index is 0.00000147. The molecule has 3 nitrogen and oxygen atoms in total. The Kier molecular flexibility index (Phi) is 5.02. The van der Waals surface area contributed by atoms with Gasteiger partial charge in [-0.1, -0.05) is 18.2 Å².